The van der Waals surface area contributed by atoms with Gasteiger partial charge in [0.05, 0.1) is 13.2 Å². The highest BCUT2D eigenvalue weighted by Crippen LogP contribution is 2.16. The lowest BCUT2D eigenvalue weighted by molar-refractivity contribution is -0.135. The number of likely N-dealkylation sites (tertiary alicyclic amines) is 1. The summed E-state index contributed by atoms with van der Waals surface area (Å²) in [4.78, 5) is 26.1. The van der Waals surface area contributed by atoms with E-state index in [2.05, 4.69) is 10.2 Å². The van der Waals surface area contributed by atoms with Gasteiger partial charge < -0.3 is 20.1 Å². The van der Waals surface area contributed by atoms with Gasteiger partial charge in [-0.25, -0.2) is 4.79 Å². The van der Waals surface area contributed by atoms with Crippen LogP contribution in [0.4, 0.5) is 4.79 Å². The van der Waals surface area contributed by atoms with Gasteiger partial charge in [0.25, 0.3) is 0 Å². The van der Waals surface area contributed by atoms with Crippen LogP contribution >= 0.6 is 0 Å². The molecular formula is C11H19N3O4. The third-order valence-electron chi connectivity index (χ3n) is 3.40. The quantitative estimate of drug-likeness (QED) is 0.691. The number of ether oxygens (including phenoxy) is 1. The molecule has 2 aliphatic heterocycles. The van der Waals surface area contributed by atoms with E-state index in [4.69, 9.17) is 9.84 Å². The summed E-state index contributed by atoms with van der Waals surface area (Å²) in [5.74, 6) is -1.02. The van der Waals surface area contributed by atoms with E-state index in [-0.39, 0.29) is 12.6 Å². The molecule has 0 radical (unpaired) electrons. The van der Waals surface area contributed by atoms with Gasteiger partial charge in [-0.2, -0.15) is 0 Å². The molecule has 7 nitrogen and oxygen atoms in total. The SMILES string of the molecule is O=C(O)CNC(=O)N1CCC(N2CCOCC2)C1. The summed E-state index contributed by atoms with van der Waals surface area (Å²) in [5.41, 5.74) is 0. The standard InChI is InChI=1S/C11H19N3O4/c15-10(16)7-12-11(17)14-2-1-9(8-14)13-3-5-18-6-4-13/h9H,1-8H2,(H,12,17)(H,15,16). The molecule has 2 fully saturated rings. The summed E-state index contributed by atoms with van der Waals surface area (Å²) >= 11 is 0. The van der Waals surface area contributed by atoms with E-state index in [1.54, 1.807) is 4.90 Å². The molecule has 0 spiro atoms. The fraction of sp³-hybridized carbons (Fsp3) is 0.818. The van der Waals surface area contributed by atoms with E-state index in [1.165, 1.54) is 0 Å². The molecule has 0 aromatic rings. The number of hydrogen-bond acceptors (Lipinski definition) is 4. The van der Waals surface area contributed by atoms with Crippen LogP contribution in [0.2, 0.25) is 0 Å². The molecule has 0 aromatic carbocycles. The van der Waals surface area contributed by atoms with Crippen LogP contribution in [-0.2, 0) is 9.53 Å². The number of carbonyl (C=O) groups excluding carboxylic acids is 1. The number of nitrogens with zero attached hydrogens (tertiary/aromatic N) is 2. The predicted octanol–water partition coefficient (Wildman–Crippen LogP) is -0.813. The van der Waals surface area contributed by atoms with E-state index in [1.807, 2.05) is 0 Å². The normalized spacial score (nSPS) is 25.1. The fourth-order valence-electron chi connectivity index (χ4n) is 2.43. The van der Waals surface area contributed by atoms with Gasteiger partial charge in [-0.05, 0) is 6.42 Å². The molecule has 2 rings (SSSR count). The minimum atomic E-state index is -1.02. The number of morpholine rings is 1. The lowest BCUT2D eigenvalue weighted by atomic mass is 10.2. The van der Waals surface area contributed by atoms with Crippen LogP contribution in [0, 0.1) is 0 Å². The van der Waals surface area contributed by atoms with Crippen molar-refractivity contribution in [1.82, 2.24) is 15.1 Å². The second-order valence-corrected chi connectivity index (χ2v) is 4.59. The molecule has 0 bridgehead atoms. The van der Waals surface area contributed by atoms with Gasteiger partial charge in [-0.15, -0.1) is 0 Å². The Labute approximate surface area is 106 Å². The molecule has 2 amide bonds. The van der Waals surface area contributed by atoms with Gasteiger partial charge in [-0.1, -0.05) is 0 Å². The third-order valence-corrected chi connectivity index (χ3v) is 3.40. The molecule has 2 saturated heterocycles. The van der Waals surface area contributed by atoms with Gasteiger partial charge in [-0.3, -0.25) is 9.69 Å². The molecule has 2 heterocycles. The molecular weight excluding hydrogens is 238 g/mol. The fourth-order valence-corrected chi connectivity index (χ4v) is 2.43. The Bertz CT molecular complexity index is 317. The number of nitrogens with one attached hydrogen (secondary N) is 1. The summed E-state index contributed by atoms with van der Waals surface area (Å²) in [6.45, 7) is 4.37. The lowest BCUT2D eigenvalue weighted by Gasteiger charge is -2.32. The van der Waals surface area contributed by atoms with Crippen LogP contribution in [0.25, 0.3) is 0 Å². The minimum Gasteiger partial charge on any atom is -0.480 e. The predicted molar refractivity (Wildman–Crippen MR) is 63.4 cm³/mol. The average molecular weight is 257 g/mol. The number of urea groups is 1. The number of carboxylic acids is 1. The van der Waals surface area contributed by atoms with E-state index in [0.29, 0.717) is 19.1 Å². The molecule has 0 saturated carbocycles. The van der Waals surface area contributed by atoms with Crippen LogP contribution in [0.15, 0.2) is 0 Å². The smallest absolute Gasteiger partial charge is 0.323 e. The largest absolute Gasteiger partial charge is 0.480 e. The van der Waals surface area contributed by atoms with Crippen LogP contribution in [0.3, 0.4) is 0 Å². The van der Waals surface area contributed by atoms with E-state index in [9.17, 15) is 9.59 Å². The summed E-state index contributed by atoms with van der Waals surface area (Å²) < 4.78 is 5.30. The Morgan fingerprint density at radius 2 is 2.00 bits per heavy atom. The van der Waals surface area contributed by atoms with Crippen molar-refractivity contribution >= 4 is 12.0 Å². The zero-order valence-electron chi connectivity index (χ0n) is 10.3. The van der Waals surface area contributed by atoms with Crippen molar-refractivity contribution in [2.24, 2.45) is 0 Å². The lowest BCUT2D eigenvalue weighted by Crippen LogP contribution is -2.46. The molecule has 0 aromatic heterocycles. The van der Waals surface area contributed by atoms with Crippen molar-refractivity contribution < 1.29 is 19.4 Å². The highest BCUT2D eigenvalue weighted by molar-refractivity contribution is 5.80. The number of rotatable bonds is 3. The topological polar surface area (TPSA) is 82.1 Å². The van der Waals surface area contributed by atoms with Crippen molar-refractivity contribution in [2.45, 2.75) is 12.5 Å². The van der Waals surface area contributed by atoms with Crippen molar-refractivity contribution in [3.63, 3.8) is 0 Å². The van der Waals surface area contributed by atoms with Gasteiger partial charge in [0.1, 0.15) is 6.54 Å². The molecule has 2 N–H and O–H groups in total. The number of carboxylic acid groups (broad SMARTS) is 1. The maximum atomic E-state index is 11.7. The molecule has 0 aliphatic carbocycles. The molecule has 7 heteroatoms. The second kappa shape index (κ2) is 6.01. The van der Waals surface area contributed by atoms with Crippen LogP contribution in [0.5, 0.6) is 0 Å². The summed E-state index contributed by atoms with van der Waals surface area (Å²) in [5, 5.41) is 10.9. The summed E-state index contributed by atoms with van der Waals surface area (Å²) in [6, 6.07) is 0.0950. The average Bonchev–Trinajstić information content (AvgIpc) is 2.86. The number of aliphatic carboxylic acids is 1. The van der Waals surface area contributed by atoms with Crippen molar-refractivity contribution in [1.29, 1.82) is 0 Å². The van der Waals surface area contributed by atoms with Gasteiger partial charge in [0.2, 0.25) is 0 Å². The third kappa shape index (κ3) is 3.33. The van der Waals surface area contributed by atoms with Crippen molar-refractivity contribution in [2.75, 3.05) is 45.9 Å². The zero-order valence-corrected chi connectivity index (χ0v) is 10.3. The van der Waals surface area contributed by atoms with Gasteiger partial charge in [0, 0.05) is 32.2 Å². The highest BCUT2D eigenvalue weighted by atomic mass is 16.5. The maximum absolute atomic E-state index is 11.7. The van der Waals surface area contributed by atoms with Gasteiger partial charge in [0.15, 0.2) is 0 Å². The Balaban J connectivity index is 1.76. The molecule has 102 valence electrons. The first-order valence-corrected chi connectivity index (χ1v) is 6.23. The van der Waals surface area contributed by atoms with Gasteiger partial charge >= 0.3 is 12.0 Å². The first kappa shape index (κ1) is 13.1. The number of carbonyl (C=O) groups is 2. The second-order valence-electron chi connectivity index (χ2n) is 4.59. The van der Waals surface area contributed by atoms with E-state index < -0.39 is 5.97 Å². The Morgan fingerprint density at radius 3 is 2.67 bits per heavy atom. The Morgan fingerprint density at radius 1 is 1.28 bits per heavy atom. The van der Waals surface area contributed by atoms with Crippen LogP contribution < -0.4 is 5.32 Å². The minimum absolute atomic E-state index is 0.284. The van der Waals surface area contributed by atoms with E-state index in [0.717, 1.165) is 32.7 Å². The first-order chi connectivity index (χ1) is 8.66. The molecule has 2 aliphatic rings. The van der Waals surface area contributed by atoms with E-state index >= 15 is 0 Å². The van der Waals surface area contributed by atoms with Crippen molar-refractivity contribution in [3.8, 4) is 0 Å². The first-order valence-electron chi connectivity index (χ1n) is 6.23. The highest BCUT2D eigenvalue weighted by Gasteiger charge is 2.31. The number of amides is 2. The maximum Gasteiger partial charge on any atom is 0.323 e. The monoisotopic (exact) mass is 257 g/mol. The molecule has 18 heavy (non-hydrogen) atoms. The summed E-state index contributed by atoms with van der Waals surface area (Å²) in [6.07, 6.45) is 0.945. The Kier molecular flexibility index (Phi) is 4.38. The number of hydrogen-bond donors (Lipinski definition) is 2. The molecule has 1 unspecified atom stereocenters. The Hall–Kier alpha value is -1.34. The van der Waals surface area contributed by atoms with Crippen molar-refractivity contribution in [3.05, 3.63) is 0 Å². The van der Waals surface area contributed by atoms with Crippen LogP contribution in [0.1, 0.15) is 6.42 Å². The molecule has 1 atom stereocenters. The van der Waals surface area contributed by atoms with Crippen LogP contribution in [-0.4, -0.2) is 78.9 Å². The zero-order chi connectivity index (χ0) is 13.0. The summed E-state index contributed by atoms with van der Waals surface area (Å²) in [7, 11) is 0.